The molecule has 0 aromatic rings. The molecule has 0 unspecified atom stereocenters. The molecule has 0 aliphatic rings. The molecule has 0 fully saturated rings. The third-order valence-electron chi connectivity index (χ3n) is 6.34. The van der Waals surface area contributed by atoms with Gasteiger partial charge < -0.3 is 14.6 Å². The molecule has 5 heteroatoms. The Morgan fingerprint density at radius 2 is 0.750 bits per heavy atom. The minimum absolute atomic E-state index is 0.206. The van der Waals surface area contributed by atoms with Crippen LogP contribution in [-0.2, 0) is 19.1 Å². The van der Waals surface area contributed by atoms with Crippen LogP contribution in [0.1, 0.15) is 123 Å². The lowest BCUT2D eigenvalue weighted by molar-refractivity contribution is -0.152. The Kier molecular flexibility index (Phi) is 28.0. The summed E-state index contributed by atoms with van der Waals surface area (Å²) in [5.74, 6) is -2.10. The summed E-state index contributed by atoms with van der Waals surface area (Å²) < 4.78 is 48.8. The van der Waals surface area contributed by atoms with Crippen molar-refractivity contribution in [2.45, 2.75) is 123 Å². The molecular weight excluding hydrogens is 596 g/mol. The van der Waals surface area contributed by atoms with E-state index >= 15 is 0 Å². The Hall–Kier alpha value is -3.70. The van der Waals surface area contributed by atoms with Gasteiger partial charge in [-0.2, -0.15) is 0 Å². The molecule has 0 spiro atoms. The van der Waals surface area contributed by atoms with Gasteiger partial charge in [-0.05, 0) is 89.9 Å². The smallest absolute Gasteiger partial charge is 0.305 e. The van der Waals surface area contributed by atoms with Gasteiger partial charge >= 0.3 is 11.9 Å². The third kappa shape index (κ3) is 36.8. The molecule has 0 saturated heterocycles. The van der Waals surface area contributed by atoms with Crippen LogP contribution in [0.4, 0.5) is 0 Å². The normalized spacial score (nSPS) is 15.4. The van der Waals surface area contributed by atoms with Crippen LogP contribution in [0.15, 0.2) is 122 Å². The van der Waals surface area contributed by atoms with Gasteiger partial charge in [0.15, 0.2) is 0 Å². The Morgan fingerprint density at radius 1 is 0.500 bits per heavy atom. The number of rotatable bonds is 30. The van der Waals surface area contributed by atoms with Gasteiger partial charge in [-0.25, -0.2) is 0 Å². The van der Waals surface area contributed by atoms with Crippen LogP contribution in [0.5, 0.6) is 0 Å². The van der Waals surface area contributed by atoms with Crippen molar-refractivity contribution >= 4 is 11.9 Å². The number of hydrogen-bond acceptors (Lipinski definition) is 5. The zero-order valence-electron chi connectivity index (χ0n) is 34.4. The fourth-order valence-corrected chi connectivity index (χ4v) is 3.80. The van der Waals surface area contributed by atoms with E-state index in [9.17, 15) is 14.7 Å². The predicted molar refractivity (Wildman–Crippen MR) is 205 cm³/mol. The number of aliphatic hydroxyl groups is 1. The number of carbonyl (C=O) groups is 2. The number of allylic oxidation sites excluding steroid dienone is 20. The van der Waals surface area contributed by atoms with E-state index in [1.165, 1.54) is 0 Å². The fourth-order valence-electron chi connectivity index (χ4n) is 3.80. The van der Waals surface area contributed by atoms with E-state index in [0.717, 1.165) is 64.2 Å². The van der Waals surface area contributed by atoms with Gasteiger partial charge in [-0.1, -0.05) is 135 Å². The molecular formula is C43H64O5. The molecule has 0 radical (unpaired) electrons. The van der Waals surface area contributed by atoms with Crippen molar-refractivity contribution in [2.75, 3.05) is 13.1 Å². The van der Waals surface area contributed by atoms with Crippen LogP contribution in [-0.4, -0.2) is 36.2 Å². The maximum atomic E-state index is 12.2. The lowest BCUT2D eigenvalue weighted by atomic mass is 10.2. The fraction of sp³-hybridized carbons (Fsp3) is 0.488. The first kappa shape index (κ1) is 35.6. The zero-order chi connectivity index (χ0) is 39.5. The highest BCUT2D eigenvalue weighted by Crippen LogP contribution is 2.04. The number of unbranched alkanes of at least 4 members (excludes halogenated alkanes) is 2. The minimum atomic E-state index is -3.71. The standard InChI is InChI=1S/C43H64O5/c1-3-5-7-9-11-13-15-17-19-21-23-25-27-29-31-33-35-37-42(45)47-39-41(44)40-48-43(46)38-36-34-32-30-28-26-24-22-20-18-16-14-12-10-8-6-4-2/h5-8,11-14,17-20,23-26,29-32,41,44H,3-4,9-10,15-16,21-22,27-28,33-40H2,1-2H3/b7-5-,8-6-,13-11-,14-12-,19-17-,20-18-,25-23-,26-24-,31-29-,32-30-/i39D2,40D2,41D. The lowest BCUT2D eigenvalue weighted by Gasteiger charge is -2.11. The van der Waals surface area contributed by atoms with Crippen LogP contribution >= 0.6 is 0 Å². The van der Waals surface area contributed by atoms with Gasteiger partial charge in [0.05, 0.1) is 6.85 Å². The molecule has 0 atom stereocenters. The van der Waals surface area contributed by atoms with Crippen molar-refractivity contribution in [3.8, 4) is 0 Å². The topological polar surface area (TPSA) is 72.8 Å². The average molecular weight is 666 g/mol. The van der Waals surface area contributed by atoms with Gasteiger partial charge in [0, 0.05) is 12.8 Å². The van der Waals surface area contributed by atoms with Crippen molar-refractivity contribution in [1.82, 2.24) is 0 Å². The molecule has 48 heavy (non-hydrogen) atoms. The monoisotopic (exact) mass is 666 g/mol. The Morgan fingerprint density at radius 3 is 1.02 bits per heavy atom. The summed E-state index contributed by atoms with van der Waals surface area (Å²) in [4.78, 5) is 24.5. The maximum absolute atomic E-state index is 12.2. The first-order valence-electron chi connectivity index (χ1n) is 20.1. The highest BCUT2D eigenvalue weighted by molar-refractivity contribution is 5.69. The summed E-state index contributed by atoms with van der Waals surface area (Å²) in [7, 11) is 0. The first-order valence-corrected chi connectivity index (χ1v) is 17.6. The van der Waals surface area contributed by atoms with Gasteiger partial charge in [0.2, 0.25) is 0 Å². The molecule has 5 nitrogen and oxygen atoms in total. The Balaban J connectivity index is 4.33. The molecule has 0 saturated carbocycles. The van der Waals surface area contributed by atoms with Crippen LogP contribution in [0.3, 0.4) is 0 Å². The van der Waals surface area contributed by atoms with E-state index in [1.807, 2.05) is 36.5 Å². The van der Waals surface area contributed by atoms with Crippen LogP contribution in [0.25, 0.3) is 0 Å². The molecule has 0 aliphatic heterocycles. The quantitative estimate of drug-likeness (QED) is 0.0469. The predicted octanol–water partition coefficient (Wildman–Crippen LogP) is 11.3. The molecule has 0 heterocycles. The molecule has 0 aromatic heterocycles. The average Bonchev–Trinajstić information content (AvgIpc) is 3.10. The van der Waals surface area contributed by atoms with E-state index in [-0.39, 0.29) is 12.8 Å². The summed E-state index contributed by atoms with van der Waals surface area (Å²) in [6.45, 7) is -2.74. The SMILES string of the molecule is [2H]C([2H])(OC(=O)CCC/C=C\C/C=C\C/C=C\C/C=C\C/C=C\CC)C([2H])(O)C([2H])([2H])OC(=O)CCC/C=C\C/C=C\C/C=C\C/C=C\C/C=C\CC. The van der Waals surface area contributed by atoms with Crippen molar-refractivity contribution in [2.24, 2.45) is 0 Å². The zero-order valence-corrected chi connectivity index (χ0v) is 29.4. The van der Waals surface area contributed by atoms with Crippen molar-refractivity contribution in [3.05, 3.63) is 122 Å². The number of esters is 2. The minimum Gasteiger partial charge on any atom is -0.463 e. The number of ether oxygens (including phenoxy) is 2. The van der Waals surface area contributed by atoms with Crippen molar-refractivity contribution in [1.29, 1.82) is 0 Å². The van der Waals surface area contributed by atoms with Gasteiger partial charge in [0.1, 0.15) is 19.2 Å². The Bertz CT molecular complexity index is 1190. The van der Waals surface area contributed by atoms with Crippen LogP contribution in [0, 0.1) is 0 Å². The van der Waals surface area contributed by atoms with Gasteiger partial charge in [-0.15, -0.1) is 0 Å². The summed E-state index contributed by atoms with van der Waals surface area (Å²) in [6, 6.07) is 0. The maximum Gasteiger partial charge on any atom is 0.305 e. The first-order chi connectivity index (χ1) is 25.4. The number of carbonyl (C=O) groups excluding carboxylic acids is 2. The summed E-state index contributed by atoms with van der Waals surface area (Å²) >= 11 is 0. The molecule has 0 aromatic carbocycles. The van der Waals surface area contributed by atoms with Crippen molar-refractivity contribution < 1.29 is 31.0 Å². The second kappa shape index (κ2) is 37.8. The van der Waals surface area contributed by atoms with E-state index in [4.69, 9.17) is 6.85 Å². The summed E-state index contributed by atoms with van der Waals surface area (Å²) in [6.07, 6.45) is 48.2. The van der Waals surface area contributed by atoms with Gasteiger partial charge in [0.25, 0.3) is 0 Å². The van der Waals surface area contributed by atoms with E-state index in [0.29, 0.717) is 25.7 Å². The molecule has 0 rings (SSSR count). The third-order valence-corrected chi connectivity index (χ3v) is 6.34. The van der Waals surface area contributed by atoms with E-state index < -0.39 is 31.1 Å². The summed E-state index contributed by atoms with van der Waals surface area (Å²) in [5.41, 5.74) is 0. The highest BCUT2D eigenvalue weighted by atomic mass is 16.6. The van der Waals surface area contributed by atoms with Crippen LogP contribution in [0.2, 0.25) is 0 Å². The number of hydrogen-bond donors (Lipinski definition) is 1. The van der Waals surface area contributed by atoms with E-state index in [2.05, 4.69) is 108 Å². The second-order valence-corrected chi connectivity index (χ2v) is 10.7. The van der Waals surface area contributed by atoms with Crippen LogP contribution < -0.4 is 0 Å². The largest absolute Gasteiger partial charge is 0.463 e. The van der Waals surface area contributed by atoms with Gasteiger partial charge in [-0.3, -0.25) is 9.59 Å². The molecule has 0 bridgehead atoms. The van der Waals surface area contributed by atoms with E-state index in [1.54, 1.807) is 0 Å². The summed E-state index contributed by atoms with van der Waals surface area (Å²) in [5, 5.41) is 10.4. The highest BCUT2D eigenvalue weighted by Gasteiger charge is 2.11. The Labute approximate surface area is 300 Å². The molecule has 0 aliphatic carbocycles. The second-order valence-electron chi connectivity index (χ2n) is 10.7. The lowest BCUT2D eigenvalue weighted by Crippen LogP contribution is -2.25. The molecule has 266 valence electrons. The van der Waals surface area contributed by atoms with Crippen molar-refractivity contribution in [3.63, 3.8) is 0 Å². The molecule has 0 amide bonds. The molecule has 1 N–H and O–H groups in total.